The Balaban J connectivity index is 3.15. The molecule has 1 amide bonds. The van der Waals surface area contributed by atoms with E-state index >= 15 is 0 Å². The van der Waals surface area contributed by atoms with Gasteiger partial charge in [0.15, 0.2) is 6.04 Å². The molecule has 1 atom stereocenters. The second kappa shape index (κ2) is 7.65. The lowest BCUT2D eigenvalue weighted by Gasteiger charge is -2.28. The van der Waals surface area contributed by atoms with E-state index < -0.39 is 12.0 Å². The lowest BCUT2D eigenvalue weighted by atomic mass is 10.0. The van der Waals surface area contributed by atoms with E-state index in [0.29, 0.717) is 25.1 Å². The molecule has 0 aromatic heterocycles. The fourth-order valence-corrected chi connectivity index (χ4v) is 2.18. The van der Waals surface area contributed by atoms with Crippen molar-refractivity contribution in [3.05, 3.63) is 35.4 Å². The van der Waals surface area contributed by atoms with Gasteiger partial charge >= 0.3 is 5.97 Å². The predicted octanol–water partition coefficient (Wildman–Crippen LogP) is 2.22. The number of hydrogen-bond donors (Lipinski definition) is 1. The number of aliphatic carboxylic acids is 1. The van der Waals surface area contributed by atoms with E-state index in [1.165, 1.54) is 11.8 Å². The zero-order valence-corrected chi connectivity index (χ0v) is 12.1. The van der Waals surface area contributed by atoms with Crippen LogP contribution in [0, 0.1) is 0 Å². The Morgan fingerprint density at radius 1 is 1.40 bits per heavy atom. The van der Waals surface area contributed by atoms with Crippen LogP contribution in [0.2, 0.25) is 0 Å². The normalized spacial score (nSPS) is 11.9. The molecule has 20 heavy (non-hydrogen) atoms. The number of amides is 1. The summed E-state index contributed by atoms with van der Waals surface area (Å²) in [6, 6.07) is 6.19. The molecule has 5 nitrogen and oxygen atoms in total. The van der Waals surface area contributed by atoms with Crippen molar-refractivity contribution in [2.24, 2.45) is 0 Å². The third kappa shape index (κ3) is 4.06. The highest BCUT2D eigenvalue weighted by atomic mass is 16.5. The molecule has 0 radical (unpaired) electrons. The maximum atomic E-state index is 11.7. The number of carbonyl (C=O) groups is 2. The van der Waals surface area contributed by atoms with Crippen LogP contribution in [0.5, 0.6) is 0 Å². The smallest absolute Gasteiger partial charge is 0.331 e. The van der Waals surface area contributed by atoms with Crippen LogP contribution in [-0.2, 0) is 20.9 Å². The first kappa shape index (κ1) is 16.2. The minimum atomic E-state index is -1.02. The van der Waals surface area contributed by atoms with Gasteiger partial charge in [0.1, 0.15) is 0 Å². The summed E-state index contributed by atoms with van der Waals surface area (Å²) in [7, 11) is 1.58. The maximum Gasteiger partial charge on any atom is 0.331 e. The van der Waals surface area contributed by atoms with E-state index in [4.69, 9.17) is 4.74 Å². The Hall–Kier alpha value is -1.88. The van der Waals surface area contributed by atoms with Gasteiger partial charge in [-0.3, -0.25) is 4.79 Å². The van der Waals surface area contributed by atoms with E-state index in [2.05, 4.69) is 0 Å². The first-order valence-corrected chi connectivity index (χ1v) is 6.59. The van der Waals surface area contributed by atoms with Gasteiger partial charge in [-0.25, -0.2) is 4.79 Å². The molecule has 5 heteroatoms. The van der Waals surface area contributed by atoms with E-state index in [1.54, 1.807) is 25.3 Å². The number of hydrogen-bond acceptors (Lipinski definition) is 3. The highest BCUT2D eigenvalue weighted by Gasteiger charge is 2.28. The van der Waals surface area contributed by atoms with Crippen LogP contribution in [0.15, 0.2) is 24.3 Å². The Morgan fingerprint density at radius 3 is 2.60 bits per heavy atom. The van der Waals surface area contributed by atoms with Gasteiger partial charge in [0.2, 0.25) is 5.91 Å². The molecule has 0 saturated carbocycles. The van der Waals surface area contributed by atoms with Crippen molar-refractivity contribution in [2.45, 2.75) is 32.9 Å². The highest BCUT2D eigenvalue weighted by molar-refractivity contribution is 5.83. The molecule has 110 valence electrons. The fraction of sp³-hybridized carbons (Fsp3) is 0.467. The van der Waals surface area contributed by atoms with Gasteiger partial charge in [0, 0.05) is 20.6 Å². The molecule has 1 aromatic rings. The summed E-state index contributed by atoms with van der Waals surface area (Å²) in [5.74, 6) is -1.26. The van der Waals surface area contributed by atoms with Crippen molar-refractivity contribution in [1.29, 1.82) is 0 Å². The van der Waals surface area contributed by atoms with Gasteiger partial charge in [-0.05, 0) is 17.5 Å². The quantitative estimate of drug-likeness (QED) is 0.831. The topological polar surface area (TPSA) is 66.8 Å². The molecule has 1 rings (SSSR count). The number of rotatable bonds is 7. The molecule has 0 saturated heterocycles. The lowest BCUT2D eigenvalue weighted by Crippen LogP contribution is -2.38. The summed E-state index contributed by atoms with van der Waals surface area (Å²) in [6.07, 6.45) is 0.709. The predicted molar refractivity (Wildman–Crippen MR) is 75.2 cm³/mol. The van der Waals surface area contributed by atoms with E-state index in [0.717, 1.165) is 5.56 Å². The minimum Gasteiger partial charge on any atom is -0.479 e. The molecular formula is C15H21NO4. The highest BCUT2D eigenvalue weighted by Crippen LogP contribution is 2.23. The van der Waals surface area contributed by atoms with Crippen molar-refractivity contribution in [3.63, 3.8) is 0 Å². The number of carboxylic acid groups (broad SMARTS) is 1. The van der Waals surface area contributed by atoms with Gasteiger partial charge in [-0.1, -0.05) is 31.2 Å². The lowest BCUT2D eigenvalue weighted by molar-refractivity contribution is -0.149. The zero-order valence-electron chi connectivity index (χ0n) is 12.1. The zero-order chi connectivity index (χ0) is 15.1. The van der Waals surface area contributed by atoms with Gasteiger partial charge in [0.25, 0.3) is 0 Å². The van der Waals surface area contributed by atoms with E-state index in [9.17, 15) is 14.7 Å². The average Bonchev–Trinajstić information content (AvgIpc) is 2.38. The molecule has 0 aliphatic heterocycles. The van der Waals surface area contributed by atoms with E-state index in [1.807, 2.05) is 13.0 Å². The number of ether oxygens (including phenoxy) is 1. The molecule has 0 spiro atoms. The Labute approximate surface area is 119 Å². The van der Waals surface area contributed by atoms with Crippen LogP contribution in [0.4, 0.5) is 0 Å². The average molecular weight is 279 g/mol. The third-order valence-electron chi connectivity index (χ3n) is 2.99. The summed E-state index contributed by atoms with van der Waals surface area (Å²) >= 11 is 0. The van der Waals surface area contributed by atoms with Gasteiger partial charge < -0.3 is 14.7 Å². The monoisotopic (exact) mass is 279 g/mol. The van der Waals surface area contributed by atoms with Crippen LogP contribution in [0.3, 0.4) is 0 Å². The summed E-state index contributed by atoms with van der Waals surface area (Å²) in [4.78, 5) is 24.6. The molecule has 0 aliphatic carbocycles. The minimum absolute atomic E-state index is 0.239. The number of nitrogens with zero attached hydrogens (tertiary/aromatic N) is 1. The SMILES string of the molecule is CCCN(C(C)=O)C(C(=O)O)c1cccc(COC)c1. The summed E-state index contributed by atoms with van der Waals surface area (Å²) < 4.78 is 5.05. The molecule has 1 N–H and O–H groups in total. The van der Waals surface area contributed by atoms with E-state index in [-0.39, 0.29) is 5.91 Å². The van der Waals surface area contributed by atoms with Crippen molar-refractivity contribution >= 4 is 11.9 Å². The van der Waals surface area contributed by atoms with Crippen LogP contribution < -0.4 is 0 Å². The maximum absolute atomic E-state index is 11.7. The largest absolute Gasteiger partial charge is 0.479 e. The summed E-state index contributed by atoms with van der Waals surface area (Å²) in [5.41, 5.74) is 1.48. The molecule has 1 unspecified atom stereocenters. The second-order valence-corrected chi connectivity index (χ2v) is 4.63. The summed E-state index contributed by atoms with van der Waals surface area (Å²) in [5, 5.41) is 9.47. The van der Waals surface area contributed by atoms with Crippen LogP contribution in [0.1, 0.15) is 37.4 Å². The number of benzene rings is 1. The number of carbonyl (C=O) groups excluding carboxylic acids is 1. The molecule has 0 heterocycles. The van der Waals surface area contributed by atoms with Crippen molar-refractivity contribution in [2.75, 3.05) is 13.7 Å². The number of methoxy groups -OCH3 is 1. The molecule has 1 aromatic carbocycles. The van der Waals surface area contributed by atoms with Crippen LogP contribution in [0.25, 0.3) is 0 Å². The standard InChI is InChI=1S/C15H21NO4/c1-4-8-16(11(2)17)14(15(18)19)13-7-5-6-12(9-13)10-20-3/h5-7,9,14H,4,8,10H2,1-3H3,(H,18,19). The number of carboxylic acids is 1. The molecule has 0 fully saturated rings. The van der Waals surface area contributed by atoms with Gasteiger partial charge in [0.05, 0.1) is 6.61 Å². The second-order valence-electron chi connectivity index (χ2n) is 4.63. The van der Waals surface area contributed by atoms with Crippen LogP contribution >= 0.6 is 0 Å². The molecular weight excluding hydrogens is 258 g/mol. The van der Waals surface area contributed by atoms with Crippen molar-refractivity contribution < 1.29 is 19.4 Å². The first-order valence-electron chi connectivity index (χ1n) is 6.59. The Bertz CT molecular complexity index is 473. The van der Waals surface area contributed by atoms with Gasteiger partial charge in [-0.2, -0.15) is 0 Å². The Morgan fingerprint density at radius 2 is 2.10 bits per heavy atom. The first-order chi connectivity index (χ1) is 9.51. The van der Waals surface area contributed by atoms with Gasteiger partial charge in [-0.15, -0.1) is 0 Å². The fourth-order valence-electron chi connectivity index (χ4n) is 2.18. The summed E-state index contributed by atoms with van der Waals surface area (Å²) in [6.45, 7) is 4.13. The van der Waals surface area contributed by atoms with Crippen molar-refractivity contribution in [3.8, 4) is 0 Å². The van der Waals surface area contributed by atoms with Crippen molar-refractivity contribution in [1.82, 2.24) is 4.90 Å². The molecule has 0 aliphatic rings. The molecule has 0 bridgehead atoms. The third-order valence-corrected chi connectivity index (χ3v) is 2.99. The van der Waals surface area contributed by atoms with Crippen LogP contribution in [-0.4, -0.2) is 35.5 Å². The Kier molecular flexibility index (Phi) is 6.18.